The minimum absolute atomic E-state index is 0.0860. The van der Waals surface area contributed by atoms with Gasteiger partial charge in [0.05, 0.1) is 0 Å². The average molecular weight is 357 g/mol. The molecular formula is C24H23NO2. The van der Waals surface area contributed by atoms with Gasteiger partial charge in [0, 0.05) is 24.2 Å². The van der Waals surface area contributed by atoms with Crippen molar-refractivity contribution in [3.8, 4) is 5.75 Å². The van der Waals surface area contributed by atoms with E-state index >= 15 is 0 Å². The molecule has 3 heteroatoms. The molecule has 0 aliphatic carbocycles. The van der Waals surface area contributed by atoms with Gasteiger partial charge in [0.25, 0.3) is 5.91 Å². The Morgan fingerprint density at radius 3 is 2.52 bits per heavy atom. The van der Waals surface area contributed by atoms with Crippen molar-refractivity contribution in [3.63, 3.8) is 0 Å². The largest absolute Gasteiger partial charge is 0.489 e. The molecule has 0 saturated heterocycles. The minimum atomic E-state index is 0.0860. The van der Waals surface area contributed by atoms with Gasteiger partial charge in [0.2, 0.25) is 0 Å². The van der Waals surface area contributed by atoms with Crippen molar-refractivity contribution in [2.45, 2.75) is 26.5 Å². The van der Waals surface area contributed by atoms with Gasteiger partial charge >= 0.3 is 0 Å². The average Bonchev–Trinajstić information content (AvgIpc) is 2.69. The molecule has 0 fully saturated rings. The predicted octanol–water partition coefficient (Wildman–Crippen LogP) is 4.77. The van der Waals surface area contributed by atoms with Crippen LogP contribution in [-0.4, -0.2) is 17.4 Å². The summed E-state index contributed by atoms with van der Waals surface area (Å²) in [7, 11) is 0. The van der Waals surface area contributed by atoms with E-state index in [1.54, 1.807) is 0 Å². The molecule has 3 nitrogen and oxygen atoms in total. The zero-order chi connectivity index (χ0) is 18.6. The number of aryl methyl sites for hydroxylation is 1. The summed E-state index contributed by atoms with van der Waals surface area (Å²) >= 11 is 0. The molecule has 1 aliphatic heterocycles. The number of amides is 1. The van der Waals surface area contributed by atoms with Crippen LogP contribution < -0.4 is 4.74 Å². The van der Waals surface area contributed by atoms with Crippen LogP contribution in [0.3, 0.4) is 0 Å². The lowest BCUT2D eigenvalue weighted by molar-refractivity contribution is 0.0725. The second-order valence-electron chi connectivity index (χ2n) is 7.02. The van der Waals surface area contributed by atoms with E-state index in [2.05, 4.69) is 25.1 Å². The quantitative estimate of drug-likeness (QED) is 0.658. The highest BCUT2D eigenvalue weighted by Gasteiger charge is 2.26. The molecule has 3 aromatic carbocycles. The molecule has 0 aromatic heterocycles. The number of carbonyl (C=O) groups is 1. The molecule has 1 amide bonds. The number of hydrogen-bond donors (Lipinski definition) is 0. The molecule has 0 atom stereocenters. The van der Waals surface area contributed by atoms with E-state index in [0.29, 0.717) is 19.7 Å². The van der Waals surface area contributed by atoms with Gasteiger partial charge in [-0.3, -0.25) is 4.79 Å². The van der Waals surface area contributed by atoms with Crippen LogP contribution >= 0.6 is 0 Å². The van der Waals surface area contributed by atoms with Crippen molar-refractivity contribution in [2.24, 2.45) is 0 Å². The van der Waals surface area contributed by atoms with Crippen molar-refractivity contribution in [1.82, 2.24) is 4.90 Å². The van der Waals surface area contributed by atoms with Gasteiger partial charge < -0.3 is 9.64 Å². The maximum atomic E-state index is 13.0. The molecule has 27 heavy (non-hydrogen) atoms. The van der Waals surface area contributed by atoms with Crippen LogP contribution in [0.4, 0.5) is 0 Å². The summed E-state index contributed by atoms with van der Waals surface area (Å²) in [6.45, 7) is 3.95. The standard InChI is InChI=1S/C24H23NO2/c1-18-7-5-10-20(15-18)16-25-14-13-21-22(24(25)26)11-6-12-23(21)27-17-19-8-3-2-4-9-19/h2-12,15H,13-14,16-17H2,1H3. The summed E-state index contributed by atoms with van der Waals surface area (Å²) in [4.78, 5) is 14.9. The van der Waals surface area contributed by atoms with Crippen LogP contribution in [0, 0.1) is 6.92 Å². The van der Waals surface area contributed by atoms with Crippen LogP contribution in [-0.2, 0) is 19.6 Å². The number of nitrogens with zero attached hydrogens (tertiary/aromatic N) is 1. The lowest BCUT2D eigenvalue weighted by Gasteiger charge is -2.30. The smallest absolute Gasteiger partial charge is 0.254 e. The zero-order valence-electron chi connectivity index (χ0n) is 15.5. The number of fused-ring (bicyclic) bond motifs is 1. The lowest BCUT2D eigenvalue weighted by Crippen LogP contribution is -2.37. The van der Waals surface area contributed by atoms with Crippen LogP contribution in [0.5, 0.6) is 5.75 Å². The Hall–Kier alpha value is -3.07. The monoisotopic (exact) mass is 357 g/mol. The molecule has 1 aliphatic rings. The van der Waals surface area contributed by atoms with Gasteiger partial charge in [-0.25, -0.2) is 0 Å². The number of rotatable bonds is 5. The van der Waals surface area contributed by atoms with E-state index in [4.69, 9.17) is 4.74 Å². The topological polar surface area (TPSA) is 29.5 Å². The first-order valence-electron chi connectivity index (χ1n) is 9.34. The Morgan fingerprint density at radius 1 is 0.926 bits per heavy atom. The second kappa shape index (κ2) is 7.67. The third-order valence-electron chi connectivity index (χ3n) is 4.98. The molecule has 136 valence electrons. The van der Waals surface area contributed by atoms with Crippen molar-refractivity contribution >= 4 is 5.91 Å². The maximum absolute atomic E-state index is 13.0. The van der Waals surface area contributed by atoms with Crippen LogP contribution in [0.15, 0.2) is 72.8 Å². The fraction of sp³-hybridized carbons (Fsp3) is 0.208. The molecule has 0 N–H and O–H groups in total. The number of carbonyl (C=O) groups excluding carboxylic acids is 1. The van der Waals surface area contributed by atoms with Crippen molar-refractivity contribution in [3.05, 3.63) is 101 Å². The highest BCUT2D eigenvalue weighted by molar-refractivity contribution is 5.97. The normalized spacial score (nSPS) is 13.4. The summed E-state index contributed by atoms with van der Waals surface area (Å²) in [6.07, 6.45) is 0.817. The summed E-state index contributed by atoms with van der Waals surface area (Å²) in [6, 6.07) is 24.2. The lowest BCUT2D eigenvalue weighted by atomic mass is 9.97. The second-order valence-corrected chi connectivity index (χ2v) is 7.02. The fourth-order valence-electron chi connectivity index (χ4n) is 3.59. The van der Waals surface area contributed by atoms with Crippen LogP contribution in [0.25, 0.3) is 0 Å². The first-order valence-corrected chi connectivity index (χ1v) is 9.34. The van der Waals surface area contributed by atoms with Gasteiger partial charge in [-0.1, -0.05) is 66.2 Å². The summed E-state index contributed by atoms with van der Waals surface area (Å²) in [5, 5.41) is 0. The van der Waals surface area contributed by atoms with Gasteiger partial charge in [-0.05, 0) is 36.6 Å². The molecule has 1 heterocycles. The number of hydrogen-bond acceptors (Lipinski definition) is 2. The van der Waals surface area contributed by atoms with E-state index in [1.807, 2.05) is 59.5 Å². The molecular weight excluding hydrogens is 334 g/mol. The van der Waals surface area contributed by atoms with Crippen molar-refractivity contribution in [2.75, 3.05) is 6.54 Å². The van der Waals surface area contributed by atoms with E-state index < -0.39 is 0 Å². The van der Waals surface area contributed by atoms with Crippen LogP contribution in [0.1, 0.15) is 32.6 Å². The van der Waals surface area contributed by atoms with E-state index in [0.717, 1.165) is 28.9 Å². The minimum Gasteiger partial charge on any atom is -0.489 e. The van der Waals surface area contributed by atoms with E-state index in [-0.39, 0.29) is 5.91 Å². The Bertz CT molecular complexity index is 950. The summed E-state index contributed by atoms with van der Waals surface area (Å²) in [5.41, 5.74) is 5.30. The first kappa shape index (κ1) is 17.3. The van der Waals surface area contributed by atoms with Crippen LogP contribution in [0.2, 0.25) is 0 Å². The molecule has 0 unspecified atom stereocenters. The van der Waals surface area contributed by atoms with Gasteiger partial charge in [0.15, 0.2) is 0 Å². The summed E-state index contributed by atoms with van der Waals surface area (Å²) < 4.78 is 6.04. The number of benzene rings is 3. The zero-order valence-corrected chi connectivity index (χ0v) is 15.5. The van der Waals surface area contributed by atoms with Crippen molar-refractivity contribution < 1.29 is 9.53 Å². The number of ether oxygens (including phenoxy) is 1. The van der Waals surface area contributed by atoms with Gasteiger partial charge in [-0.2, -0.15) is 0 Å². The van der Waals surface area contributed by atoms with E-state index in [9.17, 15) is 4.79 Å². The molecule has 4 rings (SSSR count). The van der Waals surface area contributed by atoms with Gasteiger partial charge in [0.1, 0.15) is 12.4 Å². The predicted molar refractivity (Wildman–Crippen MR) is 107 cm³/mol. The first-order chi connectivity index (χ1) is 13.2. The Labute approximate surface area is 160 Å². The Kier molecular flexibility index (Phi) is 4.93. The Morgan fingerprint density at radius 2 is 1.70 bits per heavy atom. The van der Waals surface area contributed by atoms with Gasteiger partial charge in [-0.15, -0.1) is 0 Å². The molecule has 0 radical (unpaired) electrons. The summed E-state index contributed by atoms with van der Waals surface area (Å²) in [5.74, 6) is 0.905. The molecule has 3 aromatic rings. The van der Waals surface area contributed by atoms with E-state index in [1.165, 1.54) is 11.1 Å². The Balaban J connectivity index is 1.51. The molecule has 0 bridgehead atoms. The highest BCUT2D eigenvalue weighted by atomic mass is 16.5. The van der Waals surface area contributed by atoms with Crippen molar-refractivity contribution in [1.29, 1.82) is 0 Å². The maximum Gasteiger partial charge on any atom is 0.254 e. The molecule has 0 saturated carbocycles. The SMILES string of the molecule is Cc1cccc(CN2CCc3c(OCc4ccccc4)cccc3C2=O)c1. The highest BCUT2D eigenvalue weighted by Crippen LogP contribution is 2.29. The molecule has 0 spiro atoms. The third kappa shape index (κ3) is 3.87. The fourth-order valence-corrected chi connectivity index (χ4v) is 3.59. The third-order valence-corrected chi connectivity index (χ3v) is 4.98.